The molecule has 4 heteroatoms. The number of hydrogen-bond donors (Lipinski definition) is 0. The first-order chi connectivity index (χ1) is 13.3. The van der Waals surface area contributed by atoms with Crippen LogP contribution in [0.4, 0.5) is 0 Å². The maximum absolute atomic E-state index is 5.92. The van der Waals surface area contributed by atoms with Crippen molar-refractivity contribution in [1.82, 2.24) is 9.80 Å². The molecule has 0 fully saturated rings. The van der Waals surface area contributed by atoms with Crippen LogP contribution in [0.5, 0.6) is 0 Å². The van der Waals surface area contributed by atoms with E-state index in [0.717, 1.165) is 49.7 Å². The van der Waals surface area contributed by atoms with Crippen LogP contribution in [0.3, 0.4) is 0 Å². The van der Waals surface area contributed by atoms with Gasteiger partial charge >= 0.3 is 0 Å². The topological polar surface area (TPSA) is 18.8 Å². The molecule has 0 amide bonds. The first-order valence-corrected chi connectivity index (χ1v) is 9.64. The lowest BCUT2D eigenvalue weighted by atomic mass is 10.0. The minimum Gasteiger partial charge on any atom is -0.354 e. The van der Waals surface area contributed by atoms with Crippen molar-refractivity contribution in [3.63, 3.8) is 0 Å². The second-order valence-corrected chi connectivity index (χ2v) is 7.39. The second kappa shape index (κ2) is 8.43. The van der Waals surface area contributed by atoms with Crippen molar-refractivity contribution in [3.8, 4) is 11.8 Å². The van der Waals surface area contributed by atoms with Crippen LogP contribution in [-0.2, 0) is 6.54 Å². The first kappa shape index (κ1) is 17.9. The van der Waals surface area contributed by atoms with Crippen LogP contribution in [0, 0.1) is 11.8 Å². The summed E-state index contributed by atoms with van der Waals surface area (Å²) < 4.78 is 0. The summed E-state index contributed by atoms with van der Waals surface area (Å²) in [5.41, 5.74) is 5.01. The van der Waals surface area contributed by atoms with Gasteiger partial charge in [0.1, 0.15) is 0 Å². The normalized spacial score (nSPS) is 16.7. The van der Waals surface area contributed by atoms with Gasteiger partial charge in [0.05, 0.1) is 12.9 Å². The molecule has 2 aromatic rings. The van der Waals surface area contributed by atoms with E-state index in [1.165, 1.54) is 16.8 Å². The van der Waals surface area contributed by atoms with Crippen LogP contribution >= 0.6 is 11.6 Å². The van der Waals surface area contributed by atoms with Gasteiger partial charge in [0.25, 0.3) is 0 Å². The summed E-state index contributed by atoms with van der Waals surface area (Å²) in [4.78, 5) is 9.40. The van der Waals surface area contributed by atoms with Gasteiger partial charge in [0.15, 0.2) is 0 Å². The molecule has 0 unspecified atom stereocenters. The summed E-state index contributed by atoms with van der Waals surface area (Å²) in [7, 11) is 0. The number of nitrogens with zero attached hydrogens (tertiary/aromatic N) is 3. The Hall–Kier alpha value is -2.54. The summed E-state index contributed by atoms with van der Waals surface area (Å²) in [6.45, 7) is 4.60. The predicted octanol–water partition coefficient (Wildman–Crippen LogP) is 4.20. The van der Waals surface area contributed by atoms with Gasteiger partial charge in [-0.05, 0) is 35.4 Å². The van der Waals surface area contributed by atoms with Crippen LogP contribution in [0.25, 0.3) is 0 Å². The number of rotatable bonds is 3. The maximum Gasteiger partial charge on any atom is 0.0914 e. The van der Waals surface area contributed by atoms with E-state index in [-0.39, 0.29) is 0 Å². The van der Waals surface area contributed by atoms with Crippen LogP contribution in [0.15, 0.2) is 70.9 Å². The third kappa shape index (κ3) is 4.80. The van der Waals surface area contributed by atoms with Crippen LogP contribution in [0.1, 0.15) is 17.5 Å². The minimum atomic E-state index is 0.744. The highest BCUT2D eigenvalue weighted by molar-refractivity contribution is 6.30. The van der Waals surface area contributed by atoms with Crippen LogP contribution < -0.4 is 0 Å². The Labute approximate surface area is 166 Å². The standard InChI is InChI=1S/C23H22ClN3/c24-22-10-8-19(9-11-22)7-4-13-26-14-12-23-21(16-26)17-27(18-25-23)15-20-5-2-1-3-6-20/h1-3,5-6,8-11,18H,12-17H2. The van der Waals surface area contributed by atoms with Crippen molar-refractivity contribution >= 4 is 17.9 Å². The molecule has 0 spiro atoms. The fourth-order valence-corrected chi connectivity index (χ4v) is 3.58. The highest BCUT2D eigenvalue weighted by atomic mass is 35.5. The van der Waals surface area contributed by atoms with E-state index < -0.39 is 0 Å². The Morgan fingerprint density at radius 1 is 1.00 bits per heavy atom. The molecule has 0 aliphatic carbocycles. The lowest BCUT2D eigenvalue weighted by Crippen LogP contribution is -2.38. The first-order valence-electron chi connectivity index (χ1n) is 9.26. The Bertz CT molecular complexity index is 904. The molecule has 0 N–H and O–H groups in total. The average molecular weight is 376 g/mol. The molecule has 0 atom stereocenters. The maximum atomic E-state index is 5.92. The summed E-state index contributed by atoms with van der Waals surface area (Å²) in [6, 6.07) is 18.2. The summed E-state index contributed by atoms with van der Waals surface area (Å²) >= 11 is 5.92. The molecule has 0 aromatic heterocycles. The Kier molecular flexibility index (Phi) is 5.58. The number of halogens is 1. The third-order valence-electron chi connectivity index (χ3n) is 4.87. The molecule has 4 rings (SSSR count). The number of aliphatic imine (C=N–C) groups is 1. The molecule has 0 bridgehead atoms. The number of benzene rings is 2. The molecular formula is C23H22ClN3. The van der Waals surface area contributed by atoms with Crippen molar-refractivity contribution in [3.05, 3.63) is 82.0 Å². The molecule has 3 nitrogen and oxygen atoms in total. The molecule has 2 aromatic carbocycles. The molecule has 27 heavy (non-hydrogen) atoms. The van der Waals surface area contributed by atoms with E-state index in [2.05, 4.69) is 52.0 Å². The molecule has 2 aliphatic heterocycles. The van der Waals surface area contributed by atoms with Crippen molar-refractivity contribution in [2.24, 2.45) is 4.99 Å². The Morgan fingerprint density at radius 3 is 2.63 bits per heavy atom. The second-order valence-electron chi connectivity index (χ2n) is 6.95. The van der Waals surface area contributed by atoms with E-state index in [9.17, 15) is 0 Å². The zero-order valence-corrected chi connectivity index (χ0v) is 16.0. The average Bonchev–Trinajstić information content (AvgIpc) is 2.70. The molecular weight excluding hydrogens is 354 g/mol. The SMILES string of the molecule is Clc1ccc(C#CCN2CCC3=C(CN(Cc4ccccc4)C=N3)C2)cc1. The van der Waals surface area contributed by atoms with E-state index >= 15 is 0 Å². The van der Waals surface area contributed by atoms with Crippen molar-refractivity contribution in [1.29, 1.82) is 0 Å². The minimum absolute atomic E-state index is 0.744. The summed E-state index contributed by atoms with van der Waals surface area (Å²) in [6.07, 6.45) is 3.01. The van der Waals surface area contributed by atoms with Crippen LogP contribution in [0.2, 0.25) is 5.02 Å². The summed E-state index contributed by atoms with van der Waals surface area (Å²) in [5.74, 6) is 6.52. The molecule has 2 aliphatic rings. The Morgan fingerprint density at radius 2 is 1.81 bits per heavy atom. The van der Waals surface area contributed by atoms with Gasteiger partial charge in [-0.25, -0.2) is 4.99 Å². The fraction of sp³-hybridized carbons (Fsp3) is 0.261. The molecule has 0 saturated carbocycles. The molecule has 136 valence electrons. The zero-order valence-electron chi connectivity index (χ0n) is 15.2. The lowest BCUT2D eigenvalue weighted by Gasteiger charge is -2.33. The van der Waals surface area contributed by atoms with Gasteiger partial charge in [-0.1, -0.05) is 53.8 Å². The quantitative estimate of drug-likeness (QED) is 0.749. The van der Waals surface area contributed by atoms with Gasteiger partial charge in [-0.2, -0.15) is 0 Å². The van der Waals surface area contributed by atoms with Crippen molar-refractivity contribution < 1.29 is 0 Å². The van der Waals surface area contributed by atoms with Crippen LogP contribution in [-0.4, -0.2) is 42.3 Å². The predicted molar refractivity (Wildman–Crippen MR) is 112 cm³/mol. The van der Waals surface area contributed by atoms with E-state index in [1.807, 2.05) is 30.6 Å². The fourth-order valence-electron chi connectivity index (χ4n) is 3.45. The molecule has 0 radical (unpaired) electrons. The highest BCUT2D eigenvalue weighted by Crippen LogP contribution is 2.23. The van der Waals surface area contributed by atoms with Gasteiger partial charge < -0.3 is 4.90 Å². The largest absolute Gasteiger partial charge is 0.354 e. The third-order valence-corrected chi connectivity index (χ3v) is 5.12. The zero-order chi connectivity index (χ0) is 18.5. The lowest BCUT2D eigenvalue weighted by molar-refractivity contribution is 0.300. The van der Waals surface area contributed by atoms with Gasteiger partial charge in [0.2, 0.25) is 0 Å². The van der Waals surface area contributed by atoms with Crippen molar-refractivity contribution in [2.45, 2.75) is 13.0 Å². The Balaban J connectivity index is 1.34. The number of hydrogen-bond acceptors (Lipinski definition) is 3. The van der Waals surface area contributed by atoms with Gasteiger partial charge in [-0.3, -0.25) is 4.90 Å². The smallest absolute Gasteiger partial charge is 0.0914 e. The van der Waals surface area contributed by atoms with E-state index in [0.29, 0.717) is 0 Å². The highest BCUT2D eigenvalue weighted by Gasteiger charge is 2.22. The van der Waals surface area contributed by atoms with Gasteiger partial charge in [0, 0.05) is 48.9 Å². The van der Waals surface area contributed by atoms with E-state index in [1.54, 1.807) is 0 Å². The van der Waals surface area contributed by atoms with Crippen molar-refractivity contribution in [2.75, 3.05) is 26.2 Å². The van der Waals surface area contributed by atoms with Gasteiger partial charge in [-0.15, -0.1) is 0 Å². The summed E-state index contributed by atoms with van der Waals surface area (Å²) in [5, 5.41) is 0.744. The molecule has 0 saturated heterocycles. The van der Waals surface area contributed by atoms with E-state index in [4.69, 9.17) is 16.6 Å². The monoisotopic (exact) mass is 375 g/mol. The molecule has 2 heterocycles.